The number of aromatic nitrogens is 5. The van der Waals surface area contributed by atoms with Crippen molar-refractivity contribution in [2.24, 2.45) is 0 Å². The molecule has 0 amide bonds. The van der Waals surface area contributed by atoms with Crippen LogP contribution in [-0.2, 0) is 0 Å². The normalized spacial score (nSPS) is 11.0. The van der Waals surface area contributed by atoms with Crippen molar-refractivity contribution in [2.75, 3.05) is 0 Å². The second-order valence-corrected chi connectivity index (χ2v) is 7.38. The van der Waals surface area contributed by atoms with Gasteiger partial charge in [-0.05, 0) is 18.1 Å². The third-order valence-electron chi connectivity index (χ3n) is 4.03. The van der Waals surface area contributed by atoms with Gasteiger partial charge in [-0.1, -0.05) is 37.0 Å². The molecule has 0 aliphatic rings. The molecule has 0 fully saturated rings. The van der Waals surface area contributed by atoms with Crippen molar-refractivity contribution in [2.45, 2.75) is 26.7 Å². The van der Waals surface area contributed by atoms with Crippen LogP contribution in [0.5, 0.6) is 11.6 Å². The number of hydrogen-bond acceptors (Lipinski definition) is 7. The van der Waals surface area contributed by atoms with Crippen molar-refractivity contribution in [3.63, 3.8) is 0 Å². The van der Waals surface area contributed by atoms with Crippen LogP contribution in [0.15, 0.2) is 32.6 Å². The summed E-state index contributed by atoms with van der Waals surface area (Å²) in [5.41, 5.74) is -2.00. The molecule has 2 N–H and O–H groups in total. The van der Waals surface area contributed by atoms with E-state index in [0.29, 0.717) is 5.56 Å². The number of ketones is 1. The number of halogens is 2. The lowest BCUT2D eigenvalue weighted by Crippen LogP contribution is -2.35. The summed E-state index contributed by atoms with van der Waals surface area (Å²) in [7, 11) is 0. The van der Waals surface area contributed by atoms with Crippen LogP contribution in [0, 0.1) is 0 Å². The van der Waals surface area contributed by atoms with Crippen LogP contribution in [0.1, 0.15) is 42.7 Å². The molecule has 1 aromatic carbocycles. The Balaban J connectivity index is 2.06. The number of ether oxygens (including phenoxy) is 1. The average Bonchev–Trinajstić information content (AvgIpc) is 2.65. The molecule has 0 radical (unpaired) electrons. The SMILES string of the molecule is CC(=O)c1nn(-c2cc(Cl)c(Oc3cc(C(C)C)c(=O)[nH]n3)c(Cl)c2)c(=O)[nH]c1=O. The lowest BCUT2D eigenvalue weighted by Gasteiger charge is -2.12. The van der Waals surface area contributed by atoms with Gasteiger partial charge in [-0.25, -0.2) is 9.89 Å². The number of hydrogen-bond donors (Lipinski definition) is 2. The second kappa shape index (κ2) is 8.25. The van der Waals surface area contributed by atoms with Crippen LogP contribution < -0.4 is 21.5 Å². The molecule has 2 heterocycles. The molecule has 156 valence electrons. The van der Waals surface area contributed by atoms with Gasteiger partial charge in [0, 0.05) is 18.6 Å². The summed E-state index contributed by atoms with van der Waals surface area (Å²) in [6.45, 7) is 4.83. The summed E-state index contributed by atoms with van der Waals surface area (Å²) in [4.78, 5) is 49.2. The summed E-state index contributed by atoms with van der Waals surface area (Å²) < 4.78 is 6.41. The van der Waals surface area contributed by atoms with E-state index in [1.165, 1.54) is 18.2 Å². The molecular weight excluding hydrogens is 437 g/mol. The van der Waals surface area contributed by atoms with Crippen molar-refractivity contribution < 1.29 is 9.53 Å². The van der Waals surface area contributed by atoms with E-state index < -0.39 is 22.7 Å². The first kappa shape index (κ1) is 21.5. The van der Waals surface area contributed by atoms with Gasteiger partial charge >= 0.3 is 5.69 Å². The quantitative estimate of drug-likeness (QED) is 0.567. The molecule has 0 saturated heterocycles. The van der Waals surface area contributed by atoms with Crippen LogP contribution in [0.4, 0.5) is 0 Å². The molecule has 0 saturated carbocycles. The minimum Gasteiger partial charge on any atom is -0.434 e. The highest BCUT2D eigenvalue weighted by molar-refractivity contribution is 6.37. The topological polar surface area (TPSA) is 140 Å². The lowest BCUT2D eigenvalue weighted by atomic mass is 10.1. The fourth-order valence-electron chi connectivity index (χ4n) is 2.56. The predicted molar refractivity (Wildman–Crippen MR) is 109 cm³/mol. The maximum atomic E-state index is 12.1. The molecule has 0 bridgehead atoms. The molecule has 0 aliphatic carbocycles. The van der Waals surface area contributed by atoms with Gasteiger partial charge < -0.3 is 4.74 Å². The highest BCUT2D eigenvalue weighted by Crippen LogP contribution is 2.37. The summed E-state index contributed by atoms with van der Waals surface area (Å²) >= 11 is 12.5. The van der Waals surface area contributed by atoms with Gasteiger partial charge in [0.25, 0.3) is 11.1 Å². The summed E-state index contributed by atoms with van der Waals surface area (Å²) in [5.74, 6) is -0.595. The molecule has 0 spiro atoms. The van der Waals surface area contributed by atoms with Gasteiger partial charge in [-0.15, -0.1) is 5.10 Å². The van der Waals surface area contributed by atoms with Gasteiger partial charge in [-0.2, -0.15) is 9.78 Å². The van der Waals surface area contributed by atoms with Gasteiger partial charge in [0.1, 0.15) is 0 Å². The maximum absolute atomic E-state index is 12.1. The largest absolute Gasteiger partial charge is 0.434 e. The van der Waals surface area contributed by atoms with Gasteiger partial charge in [0.15, 0.2) is 17.2 Å². The maximum Gasteiger partial charge on any atom is 0.349 e. The van der Waals surface area contributed by atoms with E-state index in [-0.39, 0.29) is 38.8 Å². The van der Waals surface area contributed by atoms with Crippen molar-refractivity contribution in [1.82, 2.24) is 25.0 Å². The zero-order chi connectivity index (χ0) is 22.2. The molecule has 12 heteroatoms. The highest BCUT2D eigenvalue weighted by Gasteiger charge is 2.17. The standard InChI is InChI=1S/C18H15Cl2N5O5/c1-7(2)10-6-13(22-23-16(10)27)30-15-11(19)4-9(5-12(15)20)25-18(29)21-17(28)14(24-25)8(3)26/h4-7H,1-3H3,(H,23,27)(H,21,28,29). The Hall–Kier alpha value is -3.24. The number of rotatable bonds is 5. The zero-order valence-corrected chi connectivity index (χ0v) is 17.5. The number of nitrogens with one attached hydrogen (secondary N) is 2. The van der Waals surface area contributed by atoms with Gasteiger partial charge in [-0.3, -0.25) is 19.4 Å². The highest BCUT2D eigenvalue weighted by atomic mass is 35.5. The summed E-state index contributed by atoms with van der Waals surface area (Å²) in [5, 5.41) is 9.93. The van der Waals surface area contributed by atoms with E-state index in [9.17, 15) is 19.2 Å². The average molecular weight is 452 g/mol. The Bertz CT molecular complexity index is 1300. The number of Topliss-reactive ketones (excluding diaryl/α,β-unsaturated/α-hetero) is 1. The lowest BCUT2D eigenvalue weighted by molar-refractivity contribution is 0.100. The van der Waals surface area contributed by atoms with E-state index >= 15 is 0 Å². The molecule has 3 aromatic rings. The second-order valence-electron chi connectivity index (χ2n) is 6.56. The van der Waals surface area contributed by atoms with Crippen molar-refractivity contribution in [1.29, 1.82) is 0 Å². The Morgan fingerprint density at radius 2 is 1.73 bits per heavy atom. The number of carbonyl (C=O) groups excluding carboxylic acids is 1. The predicted octanol–water partition coefficient (Wildman–Crippen LogP) is 2.43. The van der Waals surface area contributed by atoms with Crippen LogP contribution in [0.25, 0.3) is 5.69 Å². The third kappa shape index (κ3) is 4.19. The smallest absolute Gasteiger partial charge is 0.349 e. The Labute approximate surface area is 178 Å². The van der Waals surface area contributed by atoms with E-state index in [4.69, 9.17) is 27.9 Å². The van der Waals surface area contributed by atoms with Crippen LogP contribution in [-0.4, -0.2) is 30.7 Å². The molecule has 0 aliphatic heterocycles. The van der Waals surface area contributed by atoms with E-state index in [1.54, 1.807) is 0 Å². The first-order valence-corrected chi connectivity index (χ1v) is 9.35. The molecule has 0 atom stereocenters. The Morgan fingerprint density at radius 3 is 2.30 bits per heavy atom. The molecule has 30 heavy (non-hydrogen) atoms. The van der Waals surface area contributed by atoms with Crippen LogP contribution >= 0.6 is 23.2 Å². The van der Waals surface area contributed by atoms with Crippen LogP contribution in [0.2, 0.25) is 10.0 Å². The number of aromatic amines is 2. The molecule has 2 aromatic heterocycles. The first-order chi connectivity index (χ1) is 14.1. The molecular formula is C18H15Cl2N5O5. The first-order valence-electron chi connectivity index (χ1n) is 8.60. The molecule has 3 rings (SSSR count). The zero-order valence-electron chi connectivity index (χ0n) is 15.9. The molecule has 10 nitrogen and oxygen atoms in total. The minimum atomic E-state index is -0.897. The number of benzene rings is 1. The van der Waals surface area contributed by atoms with Gasteiger partial charge in [0.2, 0.25) is 5.88 Å². The fourth-order valence-corrected chi connectivity index (χ4v) is 3.11. The van der Waals surface area contributed by atoms with E-state index in [0.717, 1.165) is 11.6 Å². The monoisotopic (exact) mass is 451 g/mol. The number of carbonyl (C=O) groups is 1. The Morgan fingerprint density at radius 1 is 1.10 bits per heavy atom. The third-order valence-corrected chi connectivity index (χ3v) is 4.59. The van der Waals surface area contributed by atoms with Crippen molar-refractivity contribution in [3.05, 3.63) is 70.7 Å². The minimum absolute atomic E-state index is 0.000807. The summed E-state index contributed by atoms with van der Waals surface area (Å²) in [6, 6.07) is 4.10. The summed E-state index contributed by atoms with van der Waals surface area (Å²) in [6.07, 6.45) is 0. The van der Waals surface area contributed by atoms with Crippen LogP contribution in [0.3, 0.4) is 0 Å². The number of nitrogens with zero attached hydrogens (tertiary/aromatic N) is 3. The number of H-pyrrole nitrogens is 2. The van der Waals surface area contributed by atoms with Gasteiger partial charge in [0.05, 0.1) is 15.7 Å². The van der Waals surface area contributed by atoms with E-state index in [1.807, 2.05) is 18.8 Å². The molecule has 0 unspecified atom stereocenters. The Kier molecular flexibility index (Phi) is 5.90. The van der Waals surface area contributed by atoms with E-state index in [2.05, 4.69) is 15.3 Å². The fraction of sp³-hybridized carbons (Fsp3) is 0.222. The van der Waals surface area contributed by atoms with Crippen molar-refractivity contribution in [3.8, 4) is 17.3 Å². The van der Waals surface area contributed by atoms with Crippen molar-refractivity contribution >= 4 is 29.0 Å².